The van der Waals surface area contributed by atoms with Gasteiger partial charge in [-0.1, -0.05) is 158 Å². The van der Waals surface area contributed by atoms with Gasteiger partial charge in [0.1, 0.15) is 0 Å². The fourth-order valence-corrected chi connectivity index (χ4v) is 9.48. The van der Waals surface area contributed by atoms with Gasteiger partial charge in [-0.3, -0.25) is 0 Å². The van der Waals surface area contributed by atoms with E-state index in [1.54, 1.807) is 0 Å². The molecule has 0 amide bonds. The van der Waals surface area contributed by atoms with Crippen molar-refractivity contribution in [1.82, 2.24) is 24.1 Å². The number of benzene rings is 9. The van der Waals surface area contributed by atoms with Gasteiger partial charge in [0, 0.05) is 54.7 Å². The van der Waals surface area contributed by atoms with Crippen LogP contribution in [0.4, 0.5) is 0 Å². The third-order valence-corrected chi connectivity index (χ3v) is 12.4. The first-order valence-electron chi connectivity index (χ1n) is 21.2. The highest BCUT2D eigenvalue weighted by Gasteiger charge is 2.23. The van der Waals surface area contributed by atoms with Gasteiger partial charge in [-0.2, -0.15) is 0 Å². The molecule has 0 aliphatic rings. The Morgan fingerprint density at radius 2 is 0.825 bits per heavy atom. The van der Waals surface area contributed by atoms with Crippen LogP contribution in [0.3, 0.4) is 0 Å². The maximum atomic E-state index is 7.29. The molecule has 9 aromatic carbocycles. The molecule has 4 heterocycles. The molecule has 0 atom stereocenters. The van der Waals surface area contributed by atoms with Crippen LogP contribution in [0.15, 0.2) is 217 Å². The molecule has 13 rings (SSSR count). The molecule has 0 fully saturated rings. The summed E-state index contributed by atoms with van der Waals surface area (Å²) in [5.41, 5.74) is 13.2. The maximum absolute atomic E-state index is 7.29. The van der Waals surface area contributed by atoms with Crippen LogP contribution < -0.4 is 0 Å². The number of hydrogen-bond acceptors (Lipinski definition) is 4. The minimum Gasteiger partial charge on any atom is -0.452 e. The van der Waals surface area contributed by atoms with Crippen molar-refractivity contribution >= 4 is 65.6 Å². The van der Waals surface area contributed by atoms with Crippen LogP contribution in [-0.2, 0) is 0 Å². The van der Waals surface area contributed by atoms with Gasteiger partial charge in [-0.15, -0.1) is 0 Å². The summed E-state index contributed by atoms with van der Waals surface area (Å²) in [6, 6.07) is 74.3. The van der Waals surface area contributed by atoms with Crippen LogP contribution in [0.25, 0.3) is 122 Å². The first kappa shape index (κ1) is 35.2. The normalized spacial score (nSPS) is 11.8. The number of para-hydroxylation sites is 3. The molecule has 0 N–H and O–H groups in total. The third kappa shape index (κ3) is 5.55. The Balaban J connectivity index is 1.06. The Kier molecular flexibility index (Phi) is 7.80. The van der Waals surface area contributed by atoms with Crippen molar-refractivity contribution in [2.75, 3.05) is 0 Å². The minimum absolute atomic E-state index is 0.612. The van der Waals surface area contributed by atoms with Crippen LogP contribution >= 0.6 is 0 Å². The lowest BCUT2D eigenvalue weighted by Gasteiger charge is -2.10. The topological polar surface area (TPSA) is 61.7 Å². The van der Waals surface area contributed by atoms with Crippen LogP contribution in [0.5, 0.6) is 0 Å². The van der Waals surface area contributed by atoms with E-state index in [1.165, 1.54) is 21.9 Å². The van der Waals surface area contributed by atoms with Gasteiger partial charge in [0.2, 0.25) is 0 Å². The fraction of sp³-hybridized carbons (Fsp3) is 0. The van der Waals surface area contributed by atoms with Crippen molar-refractivity contribution in [3.63, 3.8) is 0 Å². The lowest BCUT2D eigenvalue weighted by molar-refractivity contribution is 0.668. The number of furan rings is 1. The molecular weight excluding hydrogens is 771 g/mol. The van der Waals surface area contributed by atoms with E-state index in [0.717, 1.165) is 82.8 Å². The average Bonchev–Trinajstić information content (AvgIpc) is 4.02. The second kappa shape index (κ2) is 14.0. The Bertz CT molecular complexity index is 3830. The Labute approximate surface area is 361 Å². The average molecular weight is 806 g/mol. The van der Waals surface area contributed by atoms with E-state index in [1.807, 2.05) is 60.7 Å². The number of rotatable bonds is 6. The number of fused-ring (bicyclic) bond motifs is 10. The Morgan fingerprint density at radius 3 is 1.54 bits per heavy atom. The van der Waals surface area contributed by atoms with Crippen LogP contribution in [0, 0.1) is 0 Å². The number of nitrogens with zero attached hydrogens (tertiary/aromatic N) is 5. The van der Waals surface area contributed by atoms with Crippen molar-refractivity contribution in [3.8, 4) is 56.7 Å². The molecule has 0 aliphatic carbocycles. The standard InChI is InChI=1S/C57H35N5O/c1-5-16-36(17-6-1)39-28-30-43-42-24-13-14-26-48(42)62(51(43)35-39)50-27-15-25-45-46-32-31-44-47-34-40(29-33-49(47)61(41-22-11-4-12-23-41)52(44)54(46)63-53(45)50)57-59-55(37-18-7-2-8-19-37)58-56(60-57)38-20-9-3-10-21-38/h1-35H. The number of hydrogen-bond donors (Lipinski definition) is 0. The molecule has 13 aromatic rings. The smallest absolute Gasteiger partial charge is 0.164 e. The van der Waals surface area contributed by atoms with Crippen LogP contribution in [-0.4, -0.2) is 24.1 Å². The predicted molar refractivity (Wildman–Crippen MR) is 258 cm³/mol. The summed E-state index contributed by atoms with van der Waals surface area (Å²) in [6.07, 6.45) is 0. The van der Waals surface area contributed by atoms with Gasteiger partial charge < -0.3 is 13.6 Å². The summed E-state index contributed by atoms with van der Waals surface area (Å²) in [5.74, 6) is 1.87. The van der Waals surface area contributed by atoms with Crippen molar-refractivity contribution in [3.05, 3.63) is 212 Å². The van der Waals surface area contributed by atoms with E-state index in [-0.39, 0.29) is 0 Å². The highest BCUT2D eigenvalue weighted by molar-refractivity contribution is 6.23. The fourth-order valence-electron chi connectivity index (χ4n) is 9.48. The van der Waals surface area contributed by atoms with Gasteiger partial charge >= 0.3 is 0 Å². The second-order valence-corrected chi connectivity index (χ2v) is 16.0. The summed E-state index contributed by atoms with van der Waals surface area (Å²) in [7, 11) is 0. The maximum Gasteiger partial charge on any atom is 0.164 e. The Hall–Kier alpha value is -8.61. The van der Waals surface area contributed by atoms with Crippen molar-refractivity contribution < 1.29 is 4.42 Å². The SMILES string of the molecule is c1ccc(-c2ccc3c4ccccc4n(-c4cccc5c4oc4c5ccc5c6cc(-c7nc(-c8ccccc8)nc(-c8ccccc8)n7)ccc6n(-c6ccccc6)c54)c3c2)cc1. The molecule has 0 unspecified atom stereocenters. The van der Waals surface area contributed by atoms with Crippen molar-refractivity contribution in [2.24, 2.45) is 0 Å². The largest absolute Gasteiger partial charge is 0.452 e. The summed E-state index contributed by atoms with van der Waals surface area (Å²) in [5, 5.41) is 6.68. The van der Waals surface area contributed by atoms with E-state index < -0.39 is 0 Å². The van der Waals surface area contributed by atoms with Gasteiger partial charge in [0.25, 0.3) is 0 Å². The van der Waals surface area contributed by atoms with E-state index >= 15 is 0 Å². The zero-order valence-electron chi connectivity index (χ0n) is 33.9. The molecule has 0 spiro atoms. The molecule has 0 radical (unpaired) electrons. The quantitative estimate of drug-likeness (QED) is 0.168. The zero-order valence-corrected chi connectivity index (χ0v) is 33.9. The summed E-state index contributed by atoms with van der Waals surface area (Å²) >= 11 is 0. The monoisotopic (exact) mass is 805 g/mol. The summed E-state index contributed by atoms with van der Waals surface area (Å²) in [4.78, 5) is 15.1. The molecule has 294 valence electrons. The molecule has 4 aromatic heterocycles. The highest BCUT2D eigenvalue weighted by atomic mass is 16.3. The van der Waals surface area contributed by atoms with Gasteiger partial charge in [0.15, 0.2) is 28.6 Å². The van der Waals surface area contributed by atoms with Gasteiger partial charge in [0.05, 0.1) is 27.8 Å². The van der Waals surface area contributed by atoms with E-state index in [9.17, 15) is 0 Å². The van der Waals surface area contributed by atoms with E-state index in [4.69, 9.17) is 19.4 Å². The predicted octanol–water partition coefficient (Wildman–Crippen LogP) is 14.6. The molecule has 6 heteroatoms. The molecule has 6 nitrogen and oxygen atoms in total. The van der Waals surface area contributed by atoms with Crippen molar-refractivity contribution in [1.29, 1.82) is 0 Å². The van der Waals surface area contributed by atoms with Crippen LogP contribution in [0.2, 0.25) is 0 Å². The van der Waals surface area contributed by atoms with E-state index in [0.29, 0.717) is 17.5 Å². The molecule has 0 saturated heterocycles. The number of aromatic nitrogens is 5. The highest BCUT2D eigenvalue weighted by Crippen LogP contribution is 2.44. The first-order chi connectivity index (χ1) is 31.2. The Morgan fingerprint density at radius 1 is 0.302 bits per heavy atom. The first-order valence-corrected chi connectivity index (χ1v) is 21.2. The van der Waals surface area contributed by atoms with Crippen molar-refractivity contribution in [2.45, 2.75) is 0 Å². The molecule has 0 saturated carbocycles. The van der Waals surface area contributed by atoms with Gasteiger partial charge in [-0.25, -0.2) is 15.0 Å². The van der Waals surface area contributed by atoms with Gasteiger partial charge in [-0.05, 0) is 65.7 Å². The molecule has 0 aliphatic heterocycles. The summed E-state index contributed by atoms with van der Waals surface area (Å²) < 4.78 is 12.0. The second-order valence-electron chi connectivity index (χ2n) is 16.0. The molecular formula is C57H35N5O. The minimum atomic E-state index is 0.612. The third-order valence-electron chi connectivity index (χ3n) is 12.4. The zero-order chi connectivity index (χ0) is 41.4. The lowest BCUT2D eigenvalue weighted by atomic mass is 10.0. The lowest BCUT2D eigenvalue weighted by Crippen LogP contribution is -2.00. The van der Waals surface area contributed by atoms with Crippen LogP contribution in [0.1, 0.15) is 0 Å². The molecule has 0 bridgehead atoms. The summed E-state index contributed by atoms with van der Waals surface area (Å²) in [6.45, 7) is 0. The molecule has 63 heavy (non-hydrogen) atoms. The van der Waals surface area contributed by atoms with E-state index in [2.05, 4.69) is 161 Å².